The number of rotatable bonds is 6. The number of anilines is 1. The summed E-state index contributed by atoms with van der Waals surface area (Å²) in [7, 11) is 0. The van der Waals surface area contributed by atoms with E-state index in [2.05, 4.69) is 22.6 Å². The topological polar surface area (TPSA) is 53.1 Å². The van der Waals surface area contributed by atoms with Crippen LogP contribution in [0.15, 0.2) is 29.8 Å². The minimum atomic E-state index is 0.554. The summed E-state index contributed by atoms with van der Waals surface area (Å²) in [6.07, 6.45) is 2.84. The molecule has 2 aromatic rings. The molecule has 0 aromatic carbocycles. The molecule has 0 radical (unpaired) electrons. The van der Waals surface area contributed by atoms with E-state index in [-0.39, 0.29) is 0 Å². The monoisotopic (exact) mass is 237 g/mol. The third-order valence-corrected chi connectivity index (χ3v) is 3.14. The number of ether oxygens (including phenoxy) is 1. The van der Waals surface area contributed by atoms with Crippen LogP contribution in [0, 0.1) is 0 Å². The molecule has 16 heavy (non-hydrogen) atoms. The Kier molecular flexibility index (Phi) is 3.96. The van der Waals surface area contributed by atoms with Gasteiger partial charge in [-0.2, -0.15) is 5.10 Å². The Balaban J connectivity index is 1.59. The van der Waals surface area contributed by atoms with Crippen molar-refractivity contribution in [1.82, 2.24) is 9.78 Å². The van der Waals surface area contributed by atoms with Gasteiger partial charge in [-0.05, 0) is 17.5 Å². The van der Waals surface area contributed by atoms with E-state index in [0.717, 1.165) is 19.6 Å². The Bertz CT molecular complexity index is 411. The van der Waals surface area contributed by atoms with Gasteiger partial charge in [0.2, 0.25) is 0 Å². The van der Waals surface area contributed by atoms with E-state index in [1.807, 2.05) is 6.20 Å². The molecule has 0 saturated carbocycles. The molecule has 0 unspecified atom stereocenters. The molecule has 0 aliphatic rings. The zero-order chi connectivity index (χ0) is 11.2. The van der Waals surface area contributed by atoms with E-state index < -0.39 is 0 Å². The molecular weight excluding hydrogens is 222 g/mol. The van der Waals surface area contributed by atoms with Gasteiger partial charge in [0, 0.05) is 17.5 Å². The minimum absolute atomic E-state index is 0.554. The number of aromatic nitrogens is 2. The number of nitrogen functional groups attached to an aromatic ring is 1. The Morgan fingerprint density at radius 1 is 1.38 bits per heavy atom. The SMILES string of the molecule is Nc1ccn(CCOCCc2cccs2)n1. The molecule has 5 heteroatoms. The third-order valence-electron chi connectivity index (χ3n) is 2.20. The first-order valence-electron chi connectivity index (χ1n) is 5.23. The lowest BCUT2D eigenvalue weighted by atomic mass is 10.4. The van der Waals surface area contributed by atoms with Crippen LogP contribution >= 0.6 is 11.3 Å². The normalized spacial score (nSPS) is 10.8. The fraction of sp³-hybridized carbons (Fsp3) is 0.364. The van der Waals surface area contributed by atoms with Gasteiger partial charge in [0.1, 0.15) is 5.82 Å². The Labute approximate surface area is 98.6 Å². The lowest BCUT2D eigenvalue weighted by molar-refractivity contribution is 0.127. The maximum atomic E-state index is 5.53. The minimum Gasteiger partial charge on any atom is -0.382 e. The predicted molar refractivity (Wildman–Crippen MR) is 65.5 cm³/mol. The summed E-state index contributed by atoms with van der Waals surface area (Å²) >= 11 is 1.77. The molecule has 2 N–H and O–H groups in total. The number of nitrogens with zero attached hydrogens (tertiary/aromatic N) is 2. The molecule has 86 valence electrons. The quantitative estimate of drug-likeness (QED) is 0.779. The lowest BCUT2D eigenvalue weighted by Crippen LogP contribution is -2.08. The van der Waals surface area contributed by atoms with Gasteiger partial charge in [0.25, 0.3) is 0 Å². The van der Waals surface area contributed by atoms with E-state index in [1.54, 1.807) is 22.1 Å². The number of hydrogen-bond donors (Lipinski definition) is 1. The molecule has 0 amide bonds. The van der Waals surface area contributed by atoms with Crippen molar-refractivity contribution in [1.29, 1.82) is 0 Å². The molecule has 0 atom stereocenters. The first kappa shape index (κ1) is 11.2. The Morgan fingerprint density at radius 2 is 2.31 bits per heavy atom. The van der Waals surface area contributed by atoms with Crippen LogP contribution in [0.2, 0.25) is 0 Å². The fourth-order valence-corrected chi connectivity index (χ4v) is 2.08. The van der Waals surface area contributed by atoms with Crippen LogP contribution in [0.1, 0.15) is 4.88 Å². The van der Waals surface area contributed by atoms with Crippen molar-refractivity contribution < 1.29 is 4.74 Å². The highest BCUT2D eigenvalue weighted by Gasteiger charge is 1.96. The summed E-state index contributed by atoms with van der Waals surface area (Å²) < 4.78 is 7.32. The summed E-state index contributed by atoms with van der Waals surface area (Å²) in [5, 5.41) is 6.16. The number of hydrogen-bond acceptors (Lipinski definition) is 4. The molecule has 0 aliphatic heterocycles. The molecule has 0 aliphatic carbocycles. The van der Waals surface area contributed by atoms with Crippen LogP contribution in [0.4, 0.5) is 5.82 Å². The van der Waals surface area contributed by atoms with Gasteiger partial charge in [-0.3, -0.25) is 4.68 Å². The largest absolute Gasteiger partial charge is 0.382 e. The highest BCUT2D eigenvalue weighted by atomic mass is 32.1. The number of nitrogens with two attached hydrogens (primary N) is 1. The summed E-state index contributed by atoms with van der Waals surface area (Å²) in [6, 6.07) is 5.97. The van der Waals surface area contributed by atoms with Crippen molar-refractivity contribution in [3.8, 4) is 0 Å². The molecule has 4 nitrogen and oxygen atoms in total. The highest BCUT2D eigenvalue weighted by Crippen LogP contribution is 2.08. The van der Waals surface area contributed by atoms with Crippen LogP contribution < -0.4 is 5.73 Å². The van der Waals surface area contributed by atoms with Crippen LogP contribution in [-0.2, 0) is 17.7 Å². The van der Waals surface area contributed by atoms with Gasteiger partial charge in [0.15, 0.2) is 0 Å². The van der Waals surface area contributed by atoms with Gasteiger partial charge < -0.3 is 10.5 Å². The second-order valence-corrected chi connectivity index (χ2v) is 4.48. The molecule has 0 fully saturated rings. The first-order chi connectivity index (χ1) is 7.84. The van der Waals surface area contributed by atoms with Crippen molar-refractivity contribution in [2.45, 2.75) is 13.0 Å². The van der Waals surface area contributed by atoms with Crippen molar-refractivity contribution in [3.63, 3.8) is 0 Å². The van der Waals surface area contributed by atoms with Crippen LogP contribution in [0.5, 0.6) is 0 Å². The van der Waals surface area contributed by atoms with Gasteiger partial charge in [-0.25, -0.2) is 0 Å². The second kappa shape index (κ2) is 5.67. The second-order valence-electron chi connectivity index (χ2n) is 3.45. The van der Waals surface area contributed by atoms with Gasteiger partial charge in [-0.15, -0.1) is 11.3 Å². The van der Waals surface area contributed by atoms with E-state index in [9.17, 15) is 0 Å². The summed E-state index contributed by atoms with van der Waals surface area (Å²) in [5.41, 5.74) is 5.50. The fourth-order valence-electron chi connectivity index (χ4n) is 1.39. The average Bonchev–Trinajstić information content (AvgIpc) is 2.89. The Morgan fingerprint density at radius 3 is 3.00 bits per heavy atom. The molecule has 0 spiro atoms. The van der Waals surface area contributed by atoms with Crippen molar-refractivity contribution in [2.75, 3.05) is 18.9 Å². The molecular formula is C11H15N3OS. The van der Waals surface area contributed by atoms with Crippen molar-refractivity contribution in [3.05, 3.63) is 34.7 Å². The summed E-state index contributed by atoms with van der Waals surface area (Å²) in [4.78, 5) is 1.36. The molecule has 0 bridgehead atoms. The van der Waals surface area contributed by atoms with Gasteiger partial charge in [-0.1, -0.05) is 6.07 Å². The van der Waals surface area contributed by atoms with Gasteiger partial charge >= 0.3 is 0 Å². The van der Waals surface area contributed by atoms with Gasteiger partial charge in [0.05, 0.1) is 19.8 Å². The van der Waals surface area contributed by atoms with Crippen LogP contribution in [-0.4, -0.2) is 23.0 Å². The third kappa shape index (κ3) is 3.36. The first-order valence-corrected chi connectivity index (χ1v) is 6.11. The van der Waals surface area contributed by atoms with E-state index >= 15 is 0 Å². The highest BCUT2D eigenvalue weighted by molar-refractivity contribution is 7.09. The molecule has 2 heterocycles. The van der Waals surface area contributed by atoms with Crippen LogP contribution in [0.25, 0.3) is 0 Å². The van der Waals surface area contributed by atoms with E-state index in [0.29, 0.717) is 12.4 Å². The lowest BCUT2D eigenvalue weighted by Gasteiger charge is -2.03. The maximum absolute atomic E-state index is 5.53. The molecule has 0 saturated heterocycles. The van der Waals surface area contributed by atoms with E-state index in [4.69, 9.17) is 10.5 Å². The van der Waals surface area contributed by atoms with Crippen molar-refractivity contribution >= 4 is 17.2 Å². The zero-order valence-electron chi connectivity index (χ0n) is 9.00. The number of thiophene rings is 1. The summed E-state index contributed by atoms with van der Waals surface area (Å²) in [6.45, 7) is 2.19. The van der Waals surface area contributed by atoms with Crippen molar-refractivity contribution in [2.24, 2.45) is 0 Å². The smallest absolute Gasteiger partial charge is 0.145 e. The Hall–Kier alpha value is -1.33. The molecule has 2 rings (SSSR count). The average molecular weight is 237 g/mol. The predicted octanol–water partition coefficient (Wildman–Crippen LogP) is 1.79. The van der Waals surface area contributed by atoms with E-state index in [1.165, 1.54) is 4.88 Å². The summed E-state index contributed by atoms with van der Waals surface area (Å²) in [5.74, 6) is 0.554. The maximum Gasteiger partial charge on any atom is 0.145 e. The molecule has 2 aromatic heterocycles. The zero-order valence-corrected chi connectivity index (χ0v) is 9.82. The van der Waals surface area contributed by atoms with Crippen LogP contribution in [0.3, 0.4) is 0 Å². The standard InChI is InChI=1S/C11H15N3OS/c12-11-3-5-14(13-11)6-8-15-7-4-10-2-1-9-16-10/h1-3,5,9H,4,6-8H2,(H2,12,13).